The third kappa shape index (κ3) is 4.83. The molecule has 154 valence electrons. The first-order valence-corrected chi connectivity index (χ1v) is 9.46. The molecule has 1 aliphatic heterocycles. The number of amides is 1. The van der Waals surface area contributed by atoms with Gasteiger partial charge in [0.2, 0.25) is 5.88 Å². The number of rotatable bonds is 8. The molecule has 2 unspecified atom stereocenters. The van der Waals surface area contributed by atoms with Crippen molar-refractivity contribution in [3.8, 4) is 5.88 Å². The fourth-order valence-corrected chi connectivity index (χ4v) is 3.43. The van der Waals surface area contributed by atoms with Crippen molar-refractivity contribution >= 4 is 18.0 Å². The quantitative estimate of drug-likeness (QED) is 0.706. The number of aliphatic hydroxyl groups is 1. The van der Waals surface area contributed by atoms with E-state index in [1.54, 1.807) is 36.2 Å². The molecule has 0 radical (unpaired) electrons. The smallest absolute Gasteiger partial charge is 0.305 e. The van der Waals surface area contributed by atoms with Crippen molar-refractivity contribution in [1.82, 2.24) is 14.5 Å². The lowest BCUT2D eigenvalue weighted by molar-refractivity contribution is -0.138. The summed E-state index contributed by atoms with van der Waals surface area (Å²) >= 11 is 0. The molecule has 0 bridgehead atoms. The number of hydrogen-bond acceptors (Lipinski definition) is 5. The van der Waals surface area contributed by atoms with Crippen LogP contribution in [0.4, 0.5) is 0 Å². The SMILES string of the molecule is COc1ccc(C(CC(=O)O)N2CCn3cc(/C=C/CC(C)O)cc3C2=O)cn1. The summed E-state index contributed by atoms with van der Waals surface area (Å²) in [6.45, 7) is 2.69. The van der Waals surface area contributed by atoms with E-state index >= 15 is 0 Å². The van der Waals surface area contributed by atoms with Crippen molar-refractivity contribution in [3.05, 3.63) is 53.5 Å². The van der Waals surface area contributed by atoms with E-state index in [0.717, 1.165) is 5.56 Å². The predicted molar refractivity (Wildman–Crippen MR) is 107 cm³/mol. The van der Waals surface area contributed by atoms with Gasteiger partial charge in [0, 0.05) is 31.5 Å². The fourth-order valence-electron chi connectivity index (χ4n) is 3.43. The first kappa shape index (κ1) is 20.6. The Bertz CT molecular complexity index is 902. The van der Waals surface area contributed by atoms with Crippen molar-refractivity contribution in [3.63, 3.8) is 0 Å². The minimum absolute atomic E-state index is 0.207. The molecule has 1 aliphatic rings. The van der Waals surface area contributed by atoms with E-state index in [4.69, 9.17) is 4.74 Å². The molecule has 2 aromatic rings. The van der Waals surface area contributed by atoms with E-state index in [0.29, 0.717) is 36.6 Å². The molecular formula is C21H25N3O5. The van der Waals surface area contributed by atoms with Gasteiger partial charge in [-0.1, -0.05) is 18.2 Å². The van der Waals surface area contributed by atoms with Crippen LogP contribution in [0.3, 0.4) is 0 Å². The van der Waals surface area contributed by atoms with Crippen LogP contribution in [0, 0.1) is 0 Å². The number of aliphatic hydroxyl groups excluding tert-OH is 1. The largest absolute Gasteiger partial charge is 0.481 e. The predicted octanol–water partition coefficient (Wildman–Crippen LogP) is 2.35. The summed E-state index contributed by atoms with van der Waals surface area (Å²) < 4.78 is 6.94. The highest BCUT2D eigenvalue weighted by atomic mass is 16.5. The number of methoxy groups -OCH3 is 1. The molecule has 3 heterocycles. The molecule has 3 rings (SSSR count). The lowest BCUT2D eigenvalue weighted by atomic mass is 10.0. The minimum atomic E-state index is -0.985. The van der Waals surface area contributed by atoms with Gasteiger partial charge in [-0.3, -0.25) is 9.59 Å². The first-order valence-electron chi connectivity index (χ1n) is 9.46. The molecule has 2 aromatic heterocycles. The Morgan fingerprint density at radius 1 is 1.38 bits per heavy atom. The van der Waals surface area contributed by atoms with Crippen molar-refractivity contribution in [1.29, 1.82) is 0 Å². The zero-order valence-electron chi connectivity index (χ0n) is 16.5. The Hall–Kier alpha value is -3.13. The second-order valence-corrected chi connectivity index (χ2v) is 7.09. The molecule has 0 saturated carbocycles. The number of fused-ring (bicyclic) bond motifs is 1. The van der Waals surface area contributed by atoms with Crippen molar-refractivity contribution < 1.29 is 24.5 Å². The summed E-state index contributed by atoms with van der Waals surface area (Å²) in [5.41, 5.74) is 2.04. The van der Waals surface area contributed by atoms with Crippen LogP contribution in [0.1, 0.15) is 47.4 Å². The van der Waals surface area contributed by atoms with Crippen LogP contribution in [0.5, 0.6) is 5.88 Å². The normalized spacial score (nSPS) is 16.0. The summed E-state index contributed by atoms with van der Waals surface area (Å²) in [4.78, 5) is 30.3. The van der Waals surface area contributed by atoms with Gasteiger partial charge in [-0.15, -0.1) is 0 Å². The van der Waals surface area contributed by atoms with E-state index in [1.807, 2.05) is 22.9 Å². The summed E-state index contributed by atoms with van der Waals surface area (Å²) in [7, 11) is 1.51. The minimum Gasteiger partial charge on any atom is -0.481 e. The van der Waals surface area contributed by atoms with Crippen LogP contribution >= 0.6 is 0 Å². The number of hydrogen-bond donors (Lipinski definition) is 2. The maximum absolute atomic E-state index is 13.1. The van der Waals surface area contributed by atoms with Gasteiger partial charge in [0.15, 0.2) is 0 Å². The fraction of sp³-hybridized carbons (Fsp3) is 0.381. The van der Waals surface area contributed by atoms with Crippen LogP contribution in [-0.2, 0) is 11.3 Å². The zero-order chi connectivity index (χ0) is 21.0. The molecule has 2 atom stereocenters. The standard InChI is InChI=1S/C21H25N3O5/c1-14(25)4-3-5-15-10-18-21(28)24(9-8-23(18)13-15)17(11-20(26)27)16-6-7-19(29-2)22-12-16/h3,5-7,10,12-14,17,25H,4,8-9,11H2,1-2H3,(H,26,27)/b5-3+. The van der Waals surface area contributed by atoms with E-state index in [9.17, 15) is 19.8 Å². The highest BCUT2D eigenvalue weighted by Crippen LogP contribution is 2.29. The Morgan fingerprint density at radius 3 is 2.79 bits per heavy atom. The molecule has 29 heavy (non-hydrogen) atoms. The number of carboxylic acids is 1. The topological polar surface area (TPSA) is 105 Å². The molecule has 2 N–H and O–H groups in total. The highest BCUT2D eigenvalue weighted by molar-refractivity contribution is 5.94. The molecule has 1 amide bonds. The number of aliphatic carboxylic acids is 1. The number of ether oxygens (including phenoxy) is 1. The van der Waals surface area contributed by atoms with Gasteiger partial charge in [-0.05, 0) is 30.5 Å². The maximum Gasteiger partial charge on any atom is 0.305 e. The van der Waals surface area contributed by atoms with Gasteiger partial charge in [-0.25, -0.2) is 4.98 Å². The number of carboxylic acid groups (broad SMARTS) is 1. The van der Waals surface area contributed by atoms with E-state index in [2.05, 4.69) is 4.98 Å². The zero-order valence-corrected chi connectivity index (χ0v) is 16.5. The van der Waals surface area contributed by atoms with Crippen molar-refractivity contribution in [2.45, 2.75) is 38.5 Å². The molecule has 0 fully saturated rings. The van der Waals surface area contributed by atoms with Crippen LogP contribution in [0.2, 0.25) is 0 Å². The van der Waals surface area contributed by atoms with Crippen LogP contribution in [0.25, 0.3) is 6.08 Å². The van der Waals surface area contributed by atoms with Gasteiger partial charge >= 0.3 is 5.97 Å². The molecule has 0 aliphatic carbocycles. The summed E-state index contributed by atoms with van der Waals surface area (Å²) in [6, 6.07) is 4.57. The number of pyridine rings is 1. The van der Waals surface area contributed by atoms with E-state index in [-0.39, 0.29) is 12.3 Å². The van der Waals surface area contributed by atoms with Gasteiger partial charge < -0.3 is 24.4 Å². The lowest BCUT2D eigenvalue weighted by Gasteiger charge is -2.34. The number of nitrogens with zero attached hydrogens (tertiary/aromatic N) is 3. The average molecular weight is 399 g/mol. The van der Waals surface area contributed by atoms with Gasteiger partial charge in [0.05, 0.1) is 25.7 Å². The third-order valence-electron chi connectivity index (χ3n) is 4.86. The average Bonchev–Trinajstić information content (AvgIpc) is 3.10. The summed E-state index contributed by atoms with van der Waals surface area (Å²) in [6.07, 6.45) is 7.09. The lowest BCUT2D eigenvalue weighted by Crippen LogP contribution is -2.43. The Balaban J connectivity index is 1.85. The molecule has 0 spiro atoms. The summed E-state index contributed by atoms with van der Waals surface area (Å²) in [5, 5.41) is 18.8. The molecule has 8 heteroatoms. The van der Waals surface area contributed by atoms with Crippen LogP contribution in [0.15, 0.2) is 36.7 Å². The highest BCUT2D eigenvalue weighted by Gasteiger charge is 2.33. The van der Waals surface area contributed by atoms with Gasteiger partial charge in [-0.2, -0.15) is 0 Å². The second-order valence-electron chi connectivity index (χ2n) is 7.09. The Morgan fingerprint density at radius 2 is 2.17 bits per heavy atom. The molecule has 8 nitrogen and oxygen atoms in total. The van der Waals surface area contributed by atoms with E-state index in [1.165, 1.54) is 7.11 Å². The van der Waals surface area contributed by atoms with Crippen LogP contribution < -0.4 is 4.74 Å². The Kier molecular flexibility index (Phi) is 6.33. The van der Waals surface area contributed by atoms with E-state index < -0.39 is 18.1 Å². The number of carbonyl (C=O) groups is 2. The van der Waals surface area contributed by atoms with Crippen molar-refractivity contribution in [2.24, 2.45) is 0 Å². The first-order chi connectivity index (χ1) is 13.9. The number of aromatic nitrogens is 2. The summed E-state index contributed by atoms with van der Waals surface area (Å²) in [5.74, 6) is -0.773. The van der Waals surface area contributed by atoms with Crippen LogP contribution in [-0.4, -0.2) is 56.3 Å². The molecular weight excluding hydrogens is 374 g/mol. The second kappa shape index (κ2) is 8.91. The third-order valence-corrected chi connectivity index (χ3v) is 4.86. The maximum atomic E-state index is 13.1. The molecule has 0 aromatic carbocycles. The number of carbonyl (C=O) groups excluding carboxylic acids is 1. The Labute approximate surface area is 169 Å². The van der Waals surface area contributed by atoms with Gasteiger partial charge in [0.1, 0.15) is 5.69 Å². The van der Waals surface area contributed by atoms with Crippen molar-refractivity contribution in [2.75, 3.05) is 13.7 Å². The monoisotopic (exact) mass is 399 g/mol. The van der Waals surface area contributed by atoms with Gasteiger partial charge in [0.25, 0.3) is 5.91 Å². The molecule has 0 saturated heterocycles.